The Hall–Kier alpha value is -3.53. The van der Waals surface area contributed by atoms with E-state index in [1.165, 1.54) is 37.5 Å². The van der Waals surface area contributed by atoms with E-state index in [1.54, 1.807) is 30.3 Å². The fraction of sp³-hybridized carbons (Fsp3) is 0.200. The SMILES string of the molecule is COc1ccc(/C=N/N=C2/S[C@H](CC(=O)O)C(=O)N2c2ccc(O)cc2)cc1OC. The van der Waals surface area contributed by atoms with Crippen molar-refractivity contribution in [2.45, 2.75) is 11.7 Å². The molecule has 9 nitrogen and oxygen atoms in total. The molecule has 2 aromatic rings. The number of phenols is 1. The van der Waals surface area contributed by atoms with Crippen LogP contribution in [0.5, 0.6) is 17.2 Å². The molecular formula is C20H19N3O6S. The molecule has 0 spiro atoms. The quantitative estimate of drug-likeness (QED) is 0.513. The van der Waals surface area contributed by atoms with Crippen LogP contribution in [0.25, 0.3) is 0 Å². The highest BCUT2D eigenvalue weighted by Gasteiger charge is 2.40. The van der Waals surface area contributed by atoms with Crippen molar-refractivity contribution >= 4 is 40.7 Å². The predicted octanol–water partition coefficient (Wildman–Crippen LogP) is 2.72. The lowest BCUT2D eigenvalue weighted by atomic mass is 10.2. The van der Waals surface area contributed by atoms with Crippen molar-refractivity contribution < 1.29 is 29.3 Å². The Labute approximate surface area is 176 Å². The minimum absolute atomic E-state index is 0.0464. The summed E-state index contributed by atoms with van der Waals surface area (Å²) in [5, 5.41) is 26.2. The van der Waals surface area contributed by atoms with Crippen molar-refractivity contribution in [3.8, 4) is 17.2 Å². The number of thioether (sulfide) groups is 1. The van der Waals surface area contributed by atoms with Gasteiger partial charge in [-0.25, -0.2) is 0 Å². The number of ether oxygens (including phenoxy) is 2. The number of carbonyl (C=O) groups is 2. The molecule has 0 saturated carbocycles. The average Bonchev–Trinajstić information content (AvgIpc) is 3.03. The summed E-state index contributed by atoms with van der Waals surface area (Å²) in [6.07, 6.45) is 1.15. The van der Waals surface area contributed by atoms with Crippen LogP contribution in [0.1, 0.15) is 12.0 Å². The van der Waals surface area contributed by atoms with E-state index in [-0.39, 0.29) is 17.3 Å². The Kier molecular flexibility index (Phi) is 6.58. The van der Waals surface area contributed by atoms with Crippen molar-refractivity contribution in [1.29, 1.82) is 0 Å². The van der Waals surface area contributed by atoms with Gasteiger partial charge in [0.1, 0.15) is 11.0 Å². The fourth-order valence-electron chi connectivity index (χ4n) is 2.74. The lowest BCUT2D eigenvalue weighted by molar-refractivity contribution is -0.138. The topological polar surface area (TPSA) is 121 Å². The van der Waals surface area contributed by atoms with Gasteiger partial charge in [0.05, 0.1) is 32.5 Å². The van der Waals surface area contributed by atoms with E-state index < -0.39 is 17.1 Å². The molecule has 1 heterocycles. The van der Waals surface area contributed by atoms with Crippen LogP contribution >= 0.6 is 11.8 Å². The minimum atomic E-state index is -1.08. The van der Waals surface area contributed by atoms with Gasteiger partial charge < -0.3 is 19.7 Å². The van der Waals surface area contributed by atoms with Crippen molar-refractivity contribution in [3.05, 3.63) is 48.0 Å². The number of rotatable bonds is 7. The lowest BCUT2D eigenvalue weighted by Crippen LogP contribution is -2.32. The van der Waals surface area contributed by atoms with E-state index in [1.807, 2.05) is 0 Å². The van der Waals surface area contributed by atoms with Gasteiger partial charge in [-0.2, -0.15) is 5.10 Å². The second-order valence-corrected chi connectivity index (χ2v) is 7.31. The van der Waals surface area contributed by atoms with Crippen LogP contribution in [-0.4, -0.2) is 52.9 Å². The van der Waals surface area contributed by atoms with Crippen LogP contribution in [0.4, 0.5) is 5.69 Å². The number of amides is 1. The highest BCUT2D eigenvalue weighted by molar-refractivity contribution is 8.16. The lowest BCUT2D eigenvalue weighted by Gasteiger charge is -2.15. The first-order chi connectivity index (χ1) is 14.4. The normalized spacial score (nSPS) is 17.7. The van der Waals surface area contributed by atoms with Crippen molar-refractivity contribution in [2.24, 2.45) is 10.2 Å². The summed E-state index contributed by atoms with van der Waals surface area (Å²) in [4.78, 5) is 25.1. The number of carbonyl (C=O) groups excluding carboxylic acids is 1. The summed E-state index contributed by atoms with van der Waals surface area (Å²) in [6.45, 7) is 0. The number of carboxylic acid groups (broad SMARTS) is 1. The monoisotopic (exact) mass is 429 g/mol. The zero-order chi connectivity index (χ0) is 21.7. The predicted molar refractivity (Wildman–Crippen MR) is 114 cm³/mol. The van der Waals surface area contributed by atoms with E-state index in [0.29, 0.717) is 22.7 Å². The molecule has 0 aliphatic carbocycles. The molecular weight excluding hydrogens is 410 g/mol. The maximum atomic E-state index is 12.7. The van der Waals surface area contributed by atoms with Gasteiger partial charge in [0, 0.05) is 0 Å². The van der Waals surface area contributed by atoms with Gasteiger partial charge in [0.15, 0.2) is 16.7 Å². The van der Waals surface area contributed by atoms with Crippen molar-refractivity contribution in [2.75, 3.05) is 19.1 Å². The highest BCUT2D eigenvalue weighted by Crippen LogP contribution is 2.34. The molecule has 1 fully saturated rings. The molecule has 2 N–H and O–H groups in total. The van der Waals surface area contributed by atoms with Crippen LogP contribution in [0, 0.1) is 0 Å². The molecule has 0 bridgehead atoms. The Morgan fingerprint density at radius 1 is 1.17 bits per heavy atom. The summed E-state index contributed by atoms with van der Waals surface area (Å²) < 4.78 is 10.4. The van der Waals surface area contributed by atoms with E-state index in [9.17, 15) is 14.7 Å². The Morgan fingerprint density at radius 3 is 2.50 bits per heavy atom. The van der Waals surface area contributed by atoms with E-state index >= 15 is 0 Å². The molecule has 1 amide bonds. The number of phenolic OH excluding ortho intramolecular Hbond substituents is 1. The van der Waals surface area contributed by atoms with Crippen LogP contribution in [0.15, 0.2) is 52.7 Å². The number of carboxylic acids is 1. The third-order valence-electron chi connectivity index (χ3n) is 4.16. The summed E-state index contributed by atoms with van der Waals surface area (Å²) in [6, 6.07) is 11.2. The number of anilines is 1. The summed E-state index contributed by atoms with van der Waals surface area (Å²) >= 11 is 1.03. The van der Waals surface area contributed by atoms with Gasteiger partial charge in [-0.1, -0.05) is 11.8 Å². The molecule has 1 saturated heterocycles. The fourth-order valence-corrected chi connectivity index (χ4v) is 3.82. The third kappa shape index (κ3) is 4.71. The number of aromatic hydroxyl groups is 1. The van der Waals surface area contributed by atoms with Gasteiger partial charge in [-0.3, -0.25) is 14.5 Å². The number of hydrogen-bond donors (Lipinski definition) is 2. The Morgan fingerprint density at radius 2 is 1.87 bits per heavy atom. The summed E-state index contributed by atoms with van der Waals surface area (Å²) in [5.74, 6) is -0.334. The molecule has 156 valence electrons. The number of amidine groups is 1. The largest absolute Gasteiger partial charge is 0.508 e. The molecule has 0 aromatic heterocycles. The van der Waals surface area contributed by atoms with Crippen LogP contribution < -0.4 is 14.4 Å². The molecule has 2 aromatic carbocycles. The molecule has 1 atom stereocenters. The van der Waals surface area contributed by atoms with E-state index in [4.69, 9.17) is 14.6 Å². The molecule has 3 rings (SSSR count). The summed E-state index contributed by atoms with van der Waals surface area (Å²) in [5.41, 5.74) is 1.16. The first-order valence-corrected chi connectivity index (χ1v) is 9.65. The molecule has 0 unspecified atom stereocenters. The second-order valence-electron chi connectivity index (χ2n) is 6.14. The van der Waals surface area contributed by atoms with Crippen molar-refractivity contribution in [1.82, 2.24) is 0 Å². The van der Waals surface area contributed by atoms with Crippen LogP contribution in [-0.2, 0) is 9.59 Å². The summed E-state index contributed by atoms with van der Waals surface area (Å²) in [7, 11) is 3.06. The van der Waals surface area contributed by atoms with Gasteiger partial charge in [0.25, 0.3) is 0 Å². The van der Waals surface area contributed by atoms with E-state index in [2.05, 4.69) is 10.2 Å². The first kappa shape index (κ1) is 21.2. The van der Waals surface area contributed by atoms with Gasteiger partial charge >= 0.3 is 5.97 Å². The van der Waals surface area contributed by atoms with Crippen LogP contribution in [0.2, 0.25) is 0 Å². The molecule has 10 heteroatoms. The number of benzene rings is 2. The van der Waals surface area contributed by atoms with E-state index in [0.717, 1.165) is 11.8 Å². The average molecular weight is 429 g/mol. The number of hydrogen-bond acceptors (Lipinski definition) is 8. The zero-order valence-electron chi connectivity index (χ0n) is 16.2. The molecule has 1 aliphatic heterocycles. The maximum absolute atomic E-state index is 12.7. The Bertz CT molecular complexity index is 1010. The molecule has 30 heavy (non-hydrogen) atoms. The standard InChI is InChI=1S/C20H19N3O6S/c1-28-15-8-3-12(9-16(15)29-2)11-21-22-20-23(13-4-6-14(24)7-5-13)19(27)17(30-20)10-18(25)26/h3-9,11,17,24H,10H2,1-2H3,(H,25,26)/b21-11+,22-20+/t17-/m1/s1. The number of nitrogens with zero attached hydrogens (tertiary/aromatic N) is 3. The smallest absolute Gasteiger partial charge is 0.305 e. The number of methoxy groups -OCH3 is 2. The number of aliphatic carboxylic acids is 1. The van der Waals surface area contributed by atoms with Crippen molar-refractivity contribution in [3.63, 3.8) is 0 Å². The molecule has 0 radical (unpaired) electrons. The maximum Gasteiger partial charge on any atom is 0.305 e. The first-order valence-electron chi connectivity index (χ1n) is 8.77. The van der Waals surface area contributed by atoms with Gasteiger partial charge in [0.2, 0.25) is 5.91 Å². The highest BCUT2D eigenvalue weighted by atomic mass is 32.2. The minimum Gasteiger partial charge on any atom is -0.508 e. The second kappa shape index (κ2) is 9.31. The van der Waals surface area contributed by atoms with Gasteiger partial charge in [-0.05, 0) is 48.0 Å². The third-order valence-corrected chi connectivity index (χ3v) is 5.29. The molecule has 1 aliphatic rings. The Balaban J connectivity index is 1.89. The van der Waals surface area contributed by atoms with Gasteiger partial charge in [-0.15, -0.1) is 5.10 Å². The van der Waals surface area contributed by atoms with Crippen LogP contribution in [0.3, 0.4) is 0 Å². The zero-order valence-corrected chi connectivity index (χ0v) is 17.0.